The summed E-state index contributed by atoms with van der Waals surface area (Å²) in [5, 5.41) is 29.5. The Hall–Kier alpha value is -2.70. The molecular formula is C17H18N4O2. The third kappa shape index (κ3) is 4.91. The van der Waals surface area contributed by atoms with Crippen LogP contribution in [0.25, 0.3) is 0 Å². The second kappa shape index (κ2) is 7.53. The molecule has 6 heteroatoms. The Morgan fingerprint density at radius 3 is 2.87 bits per heavy atom. The number of aliphatic hydroxyl groups is 1. The van der Waals surface area contributed by atoms with Gasteiger partial charge in [0.05, 0.1) is 17.7 Å². The van der Waals surface area contributed by atoms with Crippen molar-refractivity contribution in [2.75, 3.05) is 6.54 Å². The lowest BCUT2D eigenvalue weighted by atomic mass is 10.0. The molecule has 118 valence electrons. The molecule has 0 fully saturated rings. The first kappa shape index (κ1) is 16.7. The Balaban J connectivity index is 1.74. The van der Waals surface area contributed by atoms with Gasteiger partial charge >= 0.3 is 0 Å². The molecule has 0 radical (unpaired) electrons. The number of hydrogen-bond donors (Lipinski definition) is 2. The molecule has 1 atom stereocenters. The molecule has 2 N–H and O–H groups in total. The Kier molecular flexibility index (Phi) is 5.46. The van der Waals surface area contributed by atoms with Crippen LogP contribution in [0.1, 0.15) is 42.9 Å². The van der Waals surface area contributed by atoms with Crippen LogP contribution < -0.4 is 5.32 Å². The standard InChI is InChI=1S/C17H18N4O2/c1-2-3-8-17(20-21-17)9-7-16(23)19-12-15(22)14-6-4-5-13(10-14)11-18/h1,4-6,10,15,22H,3,7-9,12H2,(H,19,23). The number of nitrogens with one attached hydrogen (secondary N) is 1. The highest BCUT2D eigenvalue weighted by atomic mass is 16.3. The van der Waals surface area contributed by atoms with Crippen LogP contribution in [0.15, 0.2) is 34.5 Å². The van der Waals surface area contributed by atoms with E-state index in [2.05, 4.69) is 21.5 Å². The molecule has 6 nitrogen and oxygen atoms in total. The van der Waals surface area contributed by atoms with Crippen molar-refractivity contribution in [1.29, 1.82) is 5.26 Å². The number of benzene rings is 1. The first-order valence-corrected chi connectivity index (χ1v) is 7.41. The van der Waals surface area contributed by atoms with Crippen LogP contribution in [-0.2, 0) is 4.79 Å². The van der Waals surface area contributed by atoms with Crippen molar-refractivity contribution >= 4 is 5.91 Å². The molecular weight excluding hydrogens is 292 g/mol. The predicted molar refractivity (Wildman–Crippen MR) is 84.0 cm³/mol. The Morgan fingerprint density at radius 2 is 2.22 bits per heavy atom. The van der Waals surface area contributed by atoms with E-state index < -0.39 is 11.8 Å². The summed E-state index contributed by atoms with van der Waals surface area (Å²) in [7, 11) is 0. The number of amides is 1. The van der Waals surface area contributed by atoms with Crippen LogP contribution in [-0.4, -0.2) is 23.2 Å². The maximum absolute atomic E-state index is 11.9. The molecule has 1 unspecified atom stereocenters. The van der Waals surface area contributed by atoms with Gasteiger partial charge in [-0.05, 0) is 17.7 Å². The number of nitriles is 1. The van der Waals surface area contributed by atoms with Gasteiger partial charge in [-0.15, -0.1) is 12.3 Å². The van der Waals surface area contributed by atoms with Gasteiger partial charge in [-0.2, -0.15) is 15.5 Å². The molecule has 0 spiro atoms. The molecule has 2 rings (SSSR count). The van der Waals surface area contributed by atoms with Crippen molar-refractivity contribution < 1.29 is 9.90 Å². The van der Waals surface area contributed by atoms with Crippen LogP contribution in [0.2, 0.25) is 0 Å². The maximum Gasteiger partial charge on any atom is 0.220 e. The summed E-state index contributed by atoms with van der Waals surface area (Å²) in [4.78, 5) is 11.9. The zero-order valence-electron chi connectivity index (χ0n) is 12.7. The highest BCUT2D eigenvalue weighted by Gasteiger charge is 2.39. The molecule has 1 aromatic rings. The first-order chi connectivity index (χ1) is 11.1. The van der Waals surface area contributed by atoms with Gasteiger partial charge in [-0.1, -0.05) is 12.1 Å². The number of rotatable bonds is 8. The number of hydrogen-bond acceptors (Lipinski definition) is 5. The molecule has 1 amide bonds. The number of nitrogens with zero attached hydrogens (tertiary/aromatic N) is 3. The third-order valence-electron chi connectivity index (χ3n) is 3.70. The zero-order chi connectivity index (χ0) is 16.7. The summed E-state index contributed by atoms with van der Waals surface area (Å²) in [5.74, 6) is 2.37. The normalized spacial score (nSPS) is 15.3. The highest BCUT2D eigenvalue weighted by molar-refractivity contribution is 5.76. The summed E-state index contributed by atoms with van der Waals surface area (Å²) >= 11 is 0. The molecule has 0 aliphatic carbocycles. The van der Waals surface area contributed by atoms with Crippen LogP contribution in [0.3, 0.4) is 0 Å². The van der Waals surface area contributed by atoms with Crippen molar-refractivity contribution in [2.45, 2.75) is 37.5 Å². The summed E-state index contributed by atoms with van der Waals surface area (Å²) in [6, 6.07) is 8.69. The van der Waals surface area contributed by atoms with Crippen molar-refractivity contribution in [3.8, 4) is 18.4 Å². The van der Waals surface area contributed by atoms with E-state index in [4.69, 9.17) is 11.7 Å². The largest absolute Gasteiger partial charge is 0.387 e. The van der Waals surface area contributed by atoms with E-state index in [1.165, 1.54) is 0 Å². The van der Waals surface area contributed by atoms with Gasteiger partial charge in [0.2, 0.25) is 5.91 Å². The average molecular weight is 310 g/mol. The van der Waals surface area contributed by atoms with Crippen LogP contribution in [0.5, 0.6) is 0 Å². The minimum absolute atomic E-state index is 0.0966. The molecule has 0 bridgehead atoms. The lowest BCUT2D eigenvalue weighted by Gasteiger charge is -2.13. The van der Waals surface area contributed by atoms with Gasteiger partial charge in [0.15, 0.2) is 5.66 Å². The lowest BCUT2D eigenvalue weighted by molar-refractivity contribution is -0.121. The quantitative estimate of drug-likeness (QED) is 0.719. The van der Waals surface area contributed by atoms with Gasteiger partial charge in [0, 0.05) is 32.2 Å². The van der Waals surface area contributed by atoms with E-state index in [1.807, 2.05) is 6.07 Å². The van der Waals surface area contributed by atoms with E-state index in [0.717, 1.165) is 0 Å². The number of carbonyl (C=O) groups excluding carboxylic acids is 1. The molecule has 1 heterocycles. The van der Waals surface area contributed by atoms with Crippen LogP contribution in [0.4, 0.5) is 0 Å². The SMILES string of the molecule is C#CCCC1(CCC(=O)NCC(O)c2cccc(C#N)c2)N=N1. The van der Waals surface area contributed by atoms with Gasteiger partial charge < -0.3 is 10.4 Å². The zero-order valence-corrected chi connectivity index (χ0v) is 12.7. The van der Waals surface area contributed by atoms with Crippen LogP contribution >= 0.6 is 0 Å². The molecule has 0 saturated heterocycles. The minimum Gasteiger partial charge on any atom is -0.387 e. The van der Waals surface area contributed by atoms with E-state index in [9.17, 15) is 9.90 Å². The van der Waals surface area contributed by atoms with Crippen molar-refractivity contribution in [1.82, 2.24) is 5.32 Å². The van der Waals surface area contributed by atoms with Crippen molar-refractivity contribution in [3.63, 3.8) is 0 Å². The fourth-order valence-corrected chi connectivity index (χ4v) is 2.21. The van der Waals surface area contributed by atoms with Gasteiger partial charge in [-0.25, -0.2) is 0 Å². The number of terminal acetylenes is 1. The fourth-order valence-electron chi connectivity index (χ4n) is 2.21. The number of carbonyl (C=O) groups is 1. The first-order valence-electron chi connectivity index (χ1n) is 7.41. The predicted octanol–water partition coefficient (Wildman–Crippen LogP) is 2.06. The van der Waals surface area contributed by atoms with E-state index in [0.29, 0.717) is 30.4 Å². The van der Waals surface area contributed by atoms with Gasteiger partial charge in [0.1, 0.15) is 0 Å². The topological polar surface area (TPSA) is 97.8 Å². The fraction of sp³-hybridized carbons (Fsp3) is 0.412. The molecule has 0 saturated carbocycles. The smallest absolute Gasteiger partial charge is 0.220 e. The lowest BCUT2D eigenvalue weighted by Crippen LogP contribution is -2.29. The summed E-state index contributed by atoms with van der Waals surface area (Å²) in [5.41, 5.74) is 0.603. The molecule has 1 aromatic carbocycles. The third-order valence-corrected chi connectivity index (χ3v) is 3.70. The highest BCUT2D eigenvalue weighted by Crippen LogP contribution is 2.37. The maximum atomic E-state index is 11.9. The monoisotopic (exact) mass is 310 g/mol. The van der Waals surface area contributed by atoms with Gasteiger partial charge in [-0.3, -0.25) is 4.79 Å². The number of aliphatic hydroxyl groups excluding tert-OH is 1. The molecule has 0 aromatic heterocycles. The minimum atomic E-state index is -0.849. The van der Waals surface area contributed by atoms with Crippen molar-refractivity contribution in [3.05, 3.63) is 35.4 Å². The Bertz CT molecular complexity index is 679. The Labute approximate surface area is 135 Å². The Morgan fingerprint density at radius 1 is 1.43 bits per heavy atom. The summed E-state index contributed by atoms with van der Waals surface area (Å²) in [6.07, 6.45) is 6.43. The summed E-state index contributed by atoms with van der Waals surface area (Å²) < 4.78 is 0. The molecule has 23 heavy (non-hydrogen) atoms. The van der Waals surface area contributed by atoms with E-state index in [1.54, 1.807) is 24.3 Å². The molecule has 1 aliphatic rings. The van der Waals surface area contributed by atoms with Gasteiger partial charge in [0.25, 0.3) is 0 Å². The molecule has 1 aliphatic heterocycles. The average Bonchev–Trinajstić information content (AvgIpc) is 3.36. The van der Waals surface area contributed by atoms with Crippen LogP contribution in [0, 0.1) is 23.7 Å². The second-order valence-electron chi connectivity index (χ2n) is 5.44. The summed E-state index contributed by atoms with van der Waals surface area (Å²) in [6.45, 7) is 0.0966. The van der Waals surface area contributed by atoms with E-state index >= 15 is 0 Å². The van der Waals surface area contributed by atoms with E-state index in [-0.39, 0.29) is 18.9 Å². The second-order valence-corrected chi connectivity index (χ2v) is 5.44. The van der Waals surface area contributed by atoms with Crippen molar-refractivity contribution in [2.24, 2.45) is 10.2 Å².